The summed E-state index contributed by atoms with van der Waals surface area (Å²) in [5.41, 5.74) is 2.56. The van der Waals surface area contributed by atoms with Gasteiger partial charge in [0.2, 0.25) is 0 Å². The van der Waals surface area contributed by atoms with Crippen molar-refractivity contribution >= 4 is 11.6 Å². The number of carbonyl (C=O) groups excluding carboxylic acids is 1. The highest BCUT2D eigenvalue weighted by molar-refractivity contribution is 6.01. The fourth-order valence-corrected chi connectivity index (χ4v) is 3.02. The van der Waals surface area contributed by atoms with Crippen LogP contribution < -0.4 is 10.1 Å². The third kappa shape index (κ3) is 2.77. The second-order valence-corrected chi connectivity index (χ2v) is 5.87. The van der Waals surface area contributed by atoms with Gasteiger partial charge < -0.3 is 15.0 Å². The minimum atomic E-state index is -0.236. The molecule has 4 heteroatoms. The van der Waals surface area contributed by atoms with E-state index >= 15 is 0 Å². The number of nitrogens with one attached hydrogen (secondary N) is 1. The number of benzene rings is 2. The molecule has 3 rings (SSSR count). The van der Waals surface area contributed by atoms with Gasteiger partial charge in [-0.25, -0.2) is 0 Å². The van der Waals surface area contributed by atoms with E-state index in [-0.39, 0.29) is 18.1 Å². The Hall–Kier alpha value is -2.49. The summed E-state index contributed by atoms with van der Waals surface area (Å²) in [7, 11) is 0. The van der Waals surface area contributed by atoms with Gasteiger partial charge in [-0.1, -0.05) is 30.3 Å². The van der Waals surface area contributed by atoms with Crippen LogP contribution in [0.25, 0.3) is 0 Å². The van der Waals surface area contributed by atoms with Gasteiger partial charge in [-0.15, -0.1) is 0 Å². The zero-order chi connectivity index (χ0) is 16.4. The molecule has 1 atom stereocenters. The van der Waals surface area contributed by atoms with Crippen LogP contribution in [0.3, 0.4) is 0 Å². The lowest BCUT2D eigenvalue weighted by Gasteiger charge is -2.41. The van der Waals surface area contributed by atoms with Gasteiger partial charge in [0, 0.05) is 17.3 Å². The number of para-hydroxylation sites is 2. The second-order valence-electron chi connectivity index (χ2n) is 5.87. The van der Waals surface area contributed by atoms with Crippen LogP contribution in [-0.4, -0.2) is 23.5 Å². The van der Waals surface area contributed by atoms with E-state index in [9.17, 15) is 4.79 Å². The van der Waals surface area contributed by atoms with Gasteiger partial charge in [0.15, 0.2) is 0 Å². The predicted octanol–water partition coefficient (Wildman–Crippen LogP) is 4.06. The zero-order valence-corrected chi connectivity index (χ0v) is 13.7. The third-order valence-electron chi connectivity index (χ3n) is 4.03. The summed E-state index contributed by atoms with van der Waals surface area (Å²) in [6.45, 7) is 6.62. The molecule has 23 heavy (non-hydrogen) atoms. The van der Waals surface area contributed by atoms with Gasteiger partial charge in [-0.05, 0) is 39.0 Å². The van der Waals surface area contributed by atoms with Crippen molar-refractivity contribution in [3.63, 3.8) is 0 Å². The summed E-state index contributed by atoms with van der Waals surface area (Å²) in [5.74, 6) is 0.857. The molecule has 0 aromatic heterocycles. The lowest BCUT2D eigenvalue weighted by atomic mass is 10.0. The summed E-state index contributed by atoms with van der Waals surface area (Å²) in [6, 6.07) is 15.6. The van der Waals surface area contributed by atoms with Crippen molar-refractivity contribution in [2.24, 2.45) is 0 Å². The van der Waals surface area contributed by atoms with E-state index in [0.717, 1.165) is 17.0 Å². The molecule has 0 spiro atoms. The van der Waals surface area contributed by atoms with Crippen LogP contribution in [0, 0.1) is 0 Å². The van der Waals surface area contributed by atoms with E-state index in [1.165, 1.54) is 0 Å². The Bertz CT molecular complexity index is 712. The van der Waals surface area contributed by atoms with Crippen LogP contribution in [0.4, 0.5) is 5.69 Å². The Balaban J connectivity index is 2.09. The Morgan fingerprint density at radius 3 is 2.57 bits per heavy atom. The molecule has 1 amide bonds. The number of hydrogen-bond acceptors (Lipinski definition) is 3. The van der Waals surface area contributed by atoms with Gasteiger partial charge in [0.1, 0.15) is 11.9 Å². The van der Waals surface area contributed by atoms with E-state index in [2.05, 4.69) is 5.32 Å². The Labute approximate surface area is 137 Å². The highest BCUT2D eigenvalue weighted by Crippen LogP contribution is 2.37. The molecule has 2 aromatic rings. The maximum Gasteiger partial charge on any atom is 0.258 e. The largest absolute Gasteiger partial charge is 0.493 e. The molecular weight excluding hydrogens is 288 g/mol. The standard InChI is InChI=1S/C19H22N2O2/c1-4-23-17-12-8-6-10-15(17)18-20-16-11-7-5-9-14(16)19(22)21(18)13(2)3/h5-13,18,20H,4H2,1-3H3. The van der Waals surface area contributed by atoms with Gasteiger partial charge in [0.25, 0.3) is 5.91 Å². The summed E-state index contributed by atoms with van der Waals surface area (Å²) in [5, 5.41) is 3.50. The molecule has 2 aromatic carbocycles. The van der Waals surface area contributed by atoms with Crippen LogP contribution >= 0.6 is 0 Å². The van der Waals surface area contributed by atoms with Gasteiger partial charge in [0.05, 0.1) is 12.2 Å². The number of amides is 1. The van der Waals surface area contributed by atoms with Crippen molar-refractivity contribution < 1.29 is 9.53 Å². The SMILES string of the molecule is CCOc1ccccc1C1Nc2ccccc2C(=O)N1C(C)C. The van der Waals surface area contributed by atoms with Gasteiger partial charge >= 0.3 is 0 Å². The lowest BCUT2D eigenvalue weighted by molar-refractivity contribution is 0.0614. The molecule has 1 heterocycles. The maximum absolute atomic E-state index is 13.0. The highest BCUT2D eigenvalue weighted by Gasteiger charge is 2.35. The molecule has 120 valence electrons. The summed E-state index contributed by atoms with van der Waals surface area (Å²) in [6.07, 6.45) is -0.236. The quantitative estimate of drug-likeness (QED) is 0.926. The molecule has 0 saturated heterocycles. The monoisotopic (exact) mass is 310 g/mol. The molecule has 1 unspecified atom stereocenters. The molecule has 4 nitrogen and oxygen atoms in total. The first kappa shape index (κ1) is 15.4. The number of fused-ring (bicyclic) bond motifs is 1. The average molecular weight is 310 g/mol. The Kier molecular flexibility index (Phi) is 4.24. The van der Waals surface area contributed by atoms with Crippen molar-refractivity contribution in [2.75, 3.05) is 11.9 Å². The van der Waals surface area contributed by atoms with Gasteiger partial charge in [-0.2, -0.15) is 0 Å². The number of nitrogens with zero attached hydrogens (tertiary/aromatic N) is 1. The van der Waals surface area contributed by atoms with Crippen molar-refractivity contribution in [2.45, 2.75) is 33.0 Å². The Morgan fingerprint density at radius 1 is 1.13 bits per heavy atom. The maximum atomic E-state index is 13.0. The minimum Gasteiger partial charge on any atom is -0.493 e. The number of anilines is 1. The fraction of sp³-hybridized carbons (Fsp3) is 0.316. The smallest absolute Gasteiger partial charge is 0.258 e. The first-order chi connectivity index (χ1) is 11.1. The number of carbonyl (C=O) groups is 1. The topological polar surface area (TPSA) is 41.6 Å². The average Bonchev–Trinajstić information content (AvgIpc) is 2.55. The molecule has 1 N–H and O–H groups in total. The lowest BCUT2D eigenvalue weighted by Crippen LogP contribution is -2.46. The molecule has 1 aliphatic heterocycles. The van der Waals surface area contributed by atoms with Crippen molar-refractivity contribution in [3.8, 4) is 5.75 Å². The van der Waals surface area contributed by atoms with E-state index in [1.54, 1.807) is 0 Å². The first-order valence-electron chi connectivity index (χ1n) is 8.03. The molecule has 0 radical (unpaired) electrons. The molecule has 0 bridgehead atoms. The highest BCUT2D eigenvalue weighted by atomic mass is 16.5. The molecule has 0 fully saturated rings. The second kappa shape index (κ2) is 6.32. The van der Waals surface area contributed by atoms with E-state index in [4.69, 9.17) is 4.74 Å². The van der Waals surface area contributed by atoms with Crippen molar-refractivity contribution in [3.05, 3.63) is 59.7 Å². The van der Waals surface area contributed by atoms with Crippen LogP contribution in [-0.2, 0) is 0 Å². The summed E-state index contributed by atoms with van der Waals surface area (Å²) < 4.78 is 5.76. The van der Waals surface area contributed by atoms with Crippen molar-refractivity contribution in [1.29, 1.82) is 0 Å². The molecule has 1 aliphatic rings. The number of ether oxygens (including phenoxy) is 1. The van der Waals surface area contributed by atoms with Crippen LogP contribution in [0.5, 0.6) is 5.75 Å². The molecular formula is C19H22N2O2. The van der Waals surface area contributed by atoms with Crippen LogP contribution in [0.15, 0.2) is 48.5 Å². The van der Waals surface area contributed by atoms with Crippen molar-refractivity contribution in [1.82, 2.24) is 4.90 Å². The fourth-order valence-electron chi connectivity index (χ4n) is 3.02. The normalized spacial score (nSPS) is 17.0. The molecule has 0 saturated carbocycles. The van der Waals surface area contributed by atoms with Gasteiger partial charge in [-0.3, -0.25) is 4.79 Å². The summed E-state index contributed by atoms with van der Waals surface area (Å²) >= 11 is 0. The Morgan fingerprint density at radius 2 is 1.83 bits per heavy atom. The van der Waals surface area contributed by atoms with Crippen LogP contribution in [0.2, 0.25) is 0 Å². The summed E-state index contributed by atoms with van der Waals surface area (Å²) in [4.78, 5) is 14.8. The predicted molar refractivity (Wildman–Crippen MR) is 91.7 cm³/mol. The third-order valence-corrected chi connectivity index (χ3v) is 4.03. The number of hydrogen-bond donors (Lipinski definition) is 1. The number of rotatable bonds is 4. The zero-order valence-electron chi connectivity index (χ0n) is 13.7. The molecule has 0 aliphatic carbocycles. The van der Waals surface area contributed by atoms with E-state index < -0.39 is 0 Å². The van der Waals surface area contributed by atoms with E-state index in [0.29, 0.717) is 12.2 Å². The first-order valence-corrected chi connectivity index (χ1v) is 8.03. The van der Waals surface area contributed by atoms with E-state index in [1.807, 2.05) is 74.2 Å². The van der Waals surface area contributed by atoms with Crippen LogP contribution in [0.1, 0.15) is 42.9 Å². The minimum absolute atomic E-state index is 0.0469.